The van der Waals surface area contributed by atoms with Crippen LogP contribution in [0.5, 0.6) is 0 Å². The van der Waals surface area contributed by atoms with E-state index in [4.69, 9.17) is 17.3 Å². The van der Waals surface area contributed by atoms with E-state index in [0.29, 0.717) is 11.7 Å². The number of hydrogen-bond donors (Lipinski definition) is 2. The molecule has 8 heteroatoms. The maximum atomic E-state index is 6.12. The molecule has 0 saturated carbocycles. The lowest BCUT2D eigenvalue weighted by Crippen LogP contribution is -2.30. The summed E-state index contributed by atoms with van der Waals surface area (Å²) in [6, 6.07) is 0.249. The van der Waals surface area contributed by atoms with Gasteiger partial charge in [0.05, 0.1) is 29.5 Å². The molecule has 2 aromatic heterocycles. The molecule has 6 nitrogen and oxygen atoms in total. The summed E-state index contributed by atoms with van der Waals surface area (Å²) < 4.78 is 1.92. The van der Waals surface area contributed by atoms with Crippen molar-refractivity contribution in [2.75, 3.05) is 5.73 Å². The number of aromatic nitrogens is 4. The van der Waals surface area contributed by atoms with E-state index in [0.717, 1.165) is 28.0 Å². The Bertz CT molecular complexity index is 564. The van der Waals surface area contributed by atoms with Crippen molar-refractivity contribution in [1.82, 2.24) is 25.3 Å². The minimum Gasteiger partial charge on any atom is -0.374 e. The Morgan fingerprint density at radius 1 is 1.42 bits per heavy atom. The van der Waals surface area contributed by atoms with Crippen LogP contribution in [0, 0.1) is 13.8 Å². The molecule has 0 fully saturated rings. The summed E-state index contributed by atoms with van der Waals surface area (Å²) in [7, 11) is 0. The first kappa shape index (κ1) is 14.2. The second-order valence-electron chi connectivity index (χ2n) is 4.48. The van der Waals surface area contributed by atoms with E-state index in [1.165, 1.54) is 11.3 Å². The molecule has 0 bridgehead atoms. The highest BCUT2D eigenvalue weighted by Gasteiger charge is 2.12. The topological polar surface area (TPSA) is 81.7 Å². The molecule has 0 spiro atoms. The van der Waals surface area contributed by atoms with Crippen molar-refractivity contribution in [3.63, 3.8) is 0 Å². The number of rotatable bonds is 5. The number of hydrogen-bond acceptors (Lipinski definition) is 6. The number of anilines is 1. The summed E-state index contributed by atoms with van der Waals surface area (Å²) in [5, 5.41) is 17.6. The summed E-state index contributed by atoms with van der Waals surface area (Å²) >= 11 is 7.52. The molecule has 0 aliphatic carbocycles. The van der Waals surface area contributed by atoms with E-state index < -0.39 is 0 Å². The van der Waals surface area contributed by atoms with E-state index in [2.05, 4.69) is 27.5 Å². The lowest BCUT2D eigenvalue weighted by atomic mass is 10.3. The normalized spacial score (nSPS) is 12.8. The smallest absolute Gasteiger partial charge is 0.203 e. The molecule has 3 N–H and O–H groups in total. The minimum absolute atomic E-state index is 0.249. The van der Waals surface area contributed by atoms with Crippen LogP contribution in [0.4, 0.5) is 5.13 Å². The van der Waals surface area contributed by atoms with Gasteiger partial charge in [-0.3, -0.25) is 4.68 Å². The van der Waals surface area contributed by atoms with Gasteiger partial charge in [-0.1, -0.05) is 22.9 Å². The molecule has 2 heterocycles. The Hall–Kier alpha value is -1.18. The molecule has 0 amide bonds. The van der Waals surface area contributed by atoms with Gasteiger partial charge in [-0.2, -0.15) is 5.10 Å². The maximum absolute atomic E-state index is 6.12. The third kappa shape index (κ3) is 3.43. The molecule has 0 unspecified atom stereocenters. The van der Waals surface area contributed by atoms with E-state index in [-0.39, 0.29) is 6.04 Å². The van der Waals surface area contributed by atoms with Crippen molar-refractivity contribution in [1.29, 1.82) is 0 Å². The lowest BCUT2D eigenvalue weighted by Gasteiger charge is -2.13. The van der Waals surface area contributed by atoms with Crippen LogP contribution in [-0.2, 0) is 13.1 Å². The molecule has 0 aliphatic heterocycles. The van der Waals surface area contributed by atoms with Crippen LogP contribution < -0.4 is 11.1 Å². The van der Waals surface area contributed by atoms with Gasteiger partial charge in [-0.15, -0.1) is 10.2 Å². The maximum Gasteiger partial charge on any atom is 0.203 e. The first-order chi connectivity index (χ1) is 8.97. The monoisotopic (exact) mass is 300 g/mol. The Morgan fingerprint density at radius 3 is 2.68 bits per heavy atom. The van der Waals surface area contributed by atoms with Crippen LogP contribution in [0.3, 0.4) is 0 Å². The van der Waals surface area contributed by atoms with E-state index in [1.54, 1.807) is 0 Å². The average Bonchev–Trinajstić information content (AvgIpc) is 2.88. The summed E-state index contributed by atoms with van der Waals surface area (Å²) in [6.07, 6.45) is 0. The van der Waals surface area contributed by atoms with Gasteiger partial charge in [-0.25, -0.2) is 0 Å². The first-order valence-corrected chi connectivity index (χ1v) is 7.17. The fourth-order valence-electron chi connectivity index (χ4n) is 1.78. The van der Waals surface area contributed by atoms with E-state index in [1.807, 2.05) is 18.5 Å². The number of nitrogens with two attached hydrogens (primary N) is 1. The van der Waals surface area contributed by atoms with Crippen molar-refractivity contribution in [2.45, 2.75) is 39.9 Å². The minimum atomic E-state index is 0.249. The van der Waals surface area contributed by atoms with Gasteiger partial charge in [-0.05, 0) is 20.8 Å². The molecule has 2 rings (SSSR count). The highest BCUT2D eigenvalue weighted by Crippen LogP contribution is 2.19. The van der Waals surface area contributed by atoms with Crippen molar-refractivity contribution >= 4 is 28.1 Å². The zero-order chi connectivity index (χ0) is 14.0. The summed E-state index contributed by atoms with van der Waals surface area (Å²) in [5.74, 6) is 0. The SMILES string of the molecule is Cc1nn(C[C@@H](C)NCc2nnc(N)s2)c(C)c1Cl. The number of aryl methyl sites for hydroxylation is 1. The Morgan fingerprint density at radius 2 is 2.16 bits per heavy atom. The Kier molecular flexibility index (Phi) is 4.38. The van der Waals surface area contributed by atoms with Gasteiger partial charge >= 0.3 is 0 Å². The number of nitrogens with one attached hydrogen (secondary N) is 1. The summed E-state index contributed by atoms with van der Waals surface area (Å²) in [6.45, 7) is 7.39. The Labute approximate surface area is 121 Å². The Balaban J connectivity index is 1.90. The summed E-state index contributed by atoms with van der Waals surface area (Å²) in [5.41, 5.74) is 7.39. The van der Waals surface area contributed by atoms with Gasteiger partial charge in [0.25, 0.3) is 0 Å². The fourth-order valence-corrected chi connectivity index (χ4v) is 2.47. The molecule has 1 atom stereocenters. The van der Waals surface area contributed by atoms with Crippen molar-refractivity contribution in [2.24, 2.45) is 0 Å². The molecule has 0 aliphatic rings. The van der Waals surface area contributed by atoms with Gasteiger partial charge in [0, 0.05) is 6.04 Å². The van der Waals surface area contributed by atoms with Gasteiger partial charge in [0.15, 0.2) is 0 Å². The summed E-state index contributed by atoms with van der Waals surface area (Å²) in [4.78, 5) is 0. The van der Waals surface area contributed by atoms with Crippen LogP contribution in [0.15, 0.2) is 0 Å². The van der Waals surface area contributed by atoms with Gasteiger partial charge in [0.2, 0.25) is 5.13 Å². The van der Waals surface area contributed by atoms with E-state index in [9.17, 15) is 0 Å². The molecule has 19 heavy (non-hydrogen) atoms. The van der Waals surface area contributed by atoms with E-state index >= 15 is 0 Å². The highest BCUT2D eigenvalue weighted by molar-refractivity contribution is 7.15. The third-order valence-corrected chi connectivity index (χ3v) is 4.12. The quantitative estimate of drug-likeness (QED) is 0.879. The van der Waals surface area contributed by atoms with Crippen molar-refractivity contribution in [3.05, 3.63) is 21.4 Å². The number of halogens is 1. The molecule has 104 valence electrons. The largest absolute Gasteiger partial charge is 0.374 e. The van der Waals surface area contributed by atoms with Crippen LogP contribution in [0.2, 0.25) is 5.02 Å². The molecular formula is C11H17ClN6S. The van der Waals surface area contributed by atoms with Gasteiger partial charge < -0.3 is 11.1 Å². The van der Waals surface area contributed by atoms with Crippen LogP contribution in [-0.4, -0.2) is 26.0 Å². The second kappa shape index (κ2) is 5.85. The average molecular weight is 301 g/mol. The van der Waals surface area contributed by atoms with Crippen molar-refractivity contribution in [3.8, 4) is 0 Å². The second-order valence-corrected chi connectivity index (χ2v) is 5.95. The number of nitrogens with zero attached hydrogens (tertiary/aromatic N) is 4. The highest BCUT2D eigenvalue weighted by atomic mass is 35.5. The predicted octanol–water partition coefficient (Wildman–Crippen LogP) is 1.77. The zero-order valence-electron chi connectivity index (χ0n) is 11.1. The molecule has 0 radical (unpaired) electrons. The fraction of sp³-hybridized carbons (Fsp3) is 0.545. The number of nitrogen functional groups attached to an aromatic ring is 1. The first-order valence-electron chi connectivity index (χ1n) is 5.98. The zero-order valence-corrected chi connectivity index (χ0v) is 12.7. The van der Waals surface area contributed by atoms with Crippen LogP contribution in [0.25, 0.3) is 0 Å². The molecule has 0 aromatic carbocycles. The standard InChI is InChI=1S/C11H17ClN6S/c1-6(14-4-9-15-16-11(13)19-9)5-18-8(3)10(12)7(2)17-18/h6,14H,4-5H2,1-3H3,(H2,13,16)/t6-/m1/s1. The third-order valence-electron chi connectivity index (χ3n) is 2.82. The van der Waals surface area contributed by atoms with Crippen molar-refractivity contribution < 1.29 is 0 Å². The van der Waals surface area contributed by atoms with Crippen LogP contribution >= 0.6 is 22.9 Å². The molecule has 0 saturated heterocycles. The van der Waals surface area contributed by atoms with Crippen LogP contribution in [0.1, 0.15) is 23.3 Å². The van der Waals surface area contributed by atoms with Gasteiger partial charge in [0.1, 0.15) is 5.01 Å². The lowest BCUT2D eigenvalue weighted by molar-refractivity contribution is 0.443. The molecular weight excluding hydrogens is 284 g/mol. The molecule has 2 aromatic rings. The predicted molar refractivity (Wildman–Crippen MR) is 77.3 cm³/mol.